The first kappa shape index (κ1) is 14.7. The number of carbonyl (C=O) groups excluding carboxylic acids is 1. The molecule has 5 nitrogen and oxygen atoms in total. The van der Waals surface area contributed by atoms with E-state index in [0.29, 0.717) is 27.4 Å². The van der Waals surface area contributed by atoms with Crippen LogP contribution in [0.3, 0.4) is 0 Å². The van der Waals surface area contributed by atoms with Crippen molar-refractivity contribution in [3.8, 4) is 5.75 Å². The number of nitrogens with zero attached hydrogens (tertiary/aromatic N) is 1. The number of rotatable bonds is 4. The molecule has 1 amide bonds. The van der Waals surface area contributed by atoms with Gasteiger partial charge in [0.2, 0.25) is 0 Å². The van der Waals surface area contributed by atoms with Crippen LogP contribution in [-0.2, 0) is 4.79 Å². The SMILES string of the molecule is Cc1cc(NC(=O)[C@H](C)Oc2ccc(Cl)c(Cl)c2)no1. The topological polar surface area (TPSA) is 64.4 Å². The van der Waals surface area contributed by atoms with Gasteiger partial charge < -0.3 is 14.6 Å². The van der Waals surface area contributed by atoms with Gasteiger partial charge in [-0.05, 0) is 26.0 Å². The summed E-state index contributed by atoms with van der Waals surface area (Å²) in [5, 5.41) is 7.04. The largest absolute Gasteiger partial charge is 0.481 e. The van der Waals surface area contributed by atoms with Crippen LogP contribution in [0.1, 0.15) is 12.7 Å². The highest BCUT2D eigenvalue weighted by molar-refractivity contribution is 6.42. The van der Waals surface area contributed by atoms with Crippen molar-refractivity contribution >= 4 is 34.9 Å². The second-order valence-corrected chi connectivity index (χ2v) is 4.96. The fraction of sp³-hybridized carbons (Fsp3) is 0.231. The van der Waals surface area contributed by atoms with E-state index in [1.807, 2.05) is 0 Å². The Hall–Kier alpha value is -1.72. The molecule has 0 saturated carbocycles. The van der Waals surface area contributed by atoms with Crippen LogP contribution < -0.4 is 10.1 Å². The Morgan fingerprint density at radius 2 is 2.10 bits per heavy atom. The van der Waals surface area contributed by atoms with Gasteiger partial charge in [-0.25, -0.2) is 0 Å². The molecule has 0 aliphatic rings. The van der Waals surface area contributed by atoms with E-state index in [9.17, 15) is 4.79 Å². The molecule has 0 aliphatic carbocycles. The van der Waals surface area contributed by atoms with Crippen LogP contribution in [0.4, 0.5) is 5.82 Å². The molecule has 0 radical (unpaired) electrons. The molecule has 1 heterocycles. The summed E-state index contributed by atoms with van der Waals surface area (Å²) in [6.45, 7) is 3.35. The molecular weight excluding hydrogens is 303 g/mol. The zero-order valence-electron chi connectivity index (χ0n) is 10.8. The quantitative estimate of drug-likeness (QED) is 0.934. The highest BCUT2D eigenvalue weighted by Crippen LogP contribution is 2.26. The average molecular weight is 315 g/mol. The molecule has 2 aromatic rings. The smallest absolute Gasteiger partial charge is 0.266 e. The Labute approximate surface area is 125 Å². The van der Waals surface area contributed by atoms with Gasteiger partial charge in [0, 0.05) is 12.1 Å². The van der Waals surface area contributed by atoms with E-state index in [2.05, 4.69) is 10.5 Å². The number of carbonyl (C=O) groups is 1. The lowest BCUT2D eigenvalue weighted by Gasteiger charge is -2.14. The summed E-state index contributed by atoms with van der Waals surface area (Å²) < 4.78 is 10.3. The lowest BCUT2D eigenvalue weighted by atomic mass is 10.3. The Bertz CT molecular complexity index is 628. The fourth-order valence-electron chi connectivity index (χ4n) is 1.46. The summed E-state index contributed by atoms with van der Waals surface area (Å²) in [7, 11) is 0. The second-order valence-electron chi connectivity index (χ2n) is 4.15. The Kier molecular flexibility index (Phi) is 4.52. The third kappa shape index (κ3) is 3.65. The van der Waals surface area contributed by atoms with Crippen molar-refractivity contribution in [2.24, 2.45) is 0 Å². The number of aromatic nitrogens is 1. The molecular formula is C13H12Cl2N2O3. The van der Waals surface area contributed by atoms with E-state index < -0.39 is 6.10 Å². The van der Waals surface area contributed by atoms with Crippen LogP contribution in [0.15, 0.2) is 28.8 Å². The first-order valence-corrected chi connectivity index (χ1v) is 6.57. The Morgan fingerprint density at radius 3 is 2.70 bits per heavy atom. The molecule has 1 aromatic carbocycles. The summed E-state index contributed by atoms with van der Waals surface area (Å²) in [6, 6.07) is 6.40. The number of anilines is 1. The minimum Gasteiger partial charge on any atom is -0.481 e. The number of ether oxygens (including phenoxy) is 1. The standard InChI is InChI=1S/C13H12Cl2N2O3/c1-7-5-12(17-20-7)16-13(18)8(2)19-9-3-4-10(14)11(15)6-9/h3-6,8H,1-2H3,(H,16,17,18)/t8-/m0/s1. The molecule has 7 heteroatoms. The van der Waals surface area contributed by atoms with Crippen molar-refractivity contribution in [2.45, 2.75) is 20.0 Å². The van der Waals surface area contributed by atoms with Gasteiger partial charge in [0.25, 0.3) is 5.91 Å². The predicted octanol–water partition coefficient (Wildman–Crippen LogP) is 3.70. The number of amides is 1. The third-order valence-corrected chi connectivity index (χ3v) is 3.19. The van der Waals surface area contributed by atoms with Crippen LogP contribution in [0, 0.1) is 6.92 Å². The molecule has 0 fully saturated rings. The number of nitrogens with one attached hydrogen (secondary N) is 1. The van der Waals surface area contributed by atoms with E-state index in [4.69, 9.17) is 32.5 Å². The third-order valence-electron chi connectivity index (χ3n) is 2.45. The summed E-state index contributed by atoms with van der Waals surface area (Å²) >= 11 is 11.7. The monoisotopic (exact) mass is 314 g/mol. The molecule has 0 saturated heterocycles. The summed E-state index contributed by atoms with van der Waals surface area (Å²) in [6.07, 6.45) is -0.718. The van der Waals surface area contributed by atoms with Crippen molar-refractivity contribution < 1.29 is 14.1 Å². The number of hydrogen-bond donors (Lipinski definition) is 1. The van der Waals surface area contributed by atoms with Gasteiger partial charge in [0.05, 0.1) is 10.0 Å². The molecule has 2 rings (SSSR count). The van der Waals surface area contributed by atoms with Gasteiger partial charge in [-0.3, -0.25) is 4.79 Å². The molecule has 1 N–H and O–H groups in total. The van der Waals surface area contributed by atoms with Crippen LogP contribution in [0.2, 0.25) is 10.0 Å². The molecule has 1 atom stereocenters. The summed E-state index contributed by atoms with van der Waals surface area (Å²) in [5.41, 5.74) is 0. The van der Waals surface area contributed by atoms with Crippen molar-refractivity contribution in [3.05, 3.63) is 40.1 Å². The fourth-order valence-corrected chi connectivity index (χ4v) is 1.75. The highest BCUT2D eigenvalue weighted by Gasteiger charge is 2.16. The van der Waals surface area contributed by atoms with E-state index in [-0.39, 0.29) is 5.91 Å². The van der Waals surface area contributed by atoms with Crippen LogP contribution in [0.5, 0.6) is 5.75 Å². The number of aryl methyl sites for hydroxylation is 1. The average Bonchev–Trinajstić information content (AvgIpc) is 2.79. The minimum atomic E-state index is -0.718. The number of halogens is 2. The van der Waals surface area contributed by atoms with Crippen molar-refractivity contribution in [3.63, 3.8) is 0 Å². The minimum absolute atomic E-state index is 0.343. The molecule has 0 bridgehead atoms. The van der Waals surface area contributed by atoms with Gasteiger partial charge >= 0.3 is 0 Å². The molecule has 106 valence electrons. The molecule has 1 aromatic heterocycles. The van der Waals surface area contributed by atoms with Gasteiger partial charge in [-0.2, -0.15) is 0 Å². The molecule has 0 spiro atoms. The van der Waals surface area contributed by atoms with E-state index in [1.165, 1.54) is 0 Å². The lowest BCUT2D eigenvalue weighted by Crippen LogP contribution is -2.30. The first-order chi connectivity index (χ1) is 9.45. The van der Waals surface area contributed by atoms with Gasteiger partial charge in [0.15, 0.2) is 11.9 Å². The van der Waals surface area contributed by atoms with Gasteiger partial charge in [-0.15, -0.1) is 0 Å². The molecule has 0 aliphatic heterocycles. The molecule has 0 unspecified atom stereocenters. The van der Waals surface area contributed by atoms with Crippen LogP contribution in [0.25, 0.3) is 0 Å². The maximum absolute atomic E-state index is 11.9. The second kappa shape index (κ2) is 6.15. The van der Waals surface area contributed by atoms with E-state index >= 15 is 0 Å². The zero-order valence-corrected chi connectivity index (χ0v) is 12.3. The number of benzene rings is 1. The van der Waals surface area contributed by atoms with Crippen LogP contribution >= 0.6 is 23.2 Å². The zero-order chi connectivity index (χ0) is 14.7. The van der Waals surface area contributed by atoms with Crippen molar-refractivity contribution in [1.82, 2.24) is 5.16 Å². The van der Waals surface area contributed by atoms with Gasteiger partial charge in [0.1, 0.15) is 11.5 Å². The normalized spacial score (nSPS) is 12.0. The highest BCUT2D eigenvalue weighted by atomic mass is 35.5. The summed E-state index contributed by atoms with van der Waals surface area (Å²) in [4.78, 5) is 11.9. The molecule has 20 heavy (non-hydrogen) atoms. The lowest BCUT2D eigenvalue weighted by molar-refractivity contribution is -0.122. The van der Waals surface area contributed by atoms with Crippen LogP contribution in [-0.4, -0.2) is 17.2 Å². The van der Waals surface area contributed by atoms with E-state index in [1.54, 1.807) is 38.1 Å². The van der Waals surface area contributed by atoms with Crippen molar-refractivity contribution in [1.29, 1.82) is 0 Å². The van der Waals surface area contributed by atoms with E-state index in [0.717, 1.165) is 0 Å². The number of hydrogen-bond acceptors (Lipinski definition) is 4. The predicted molar refractivity (Wildman–Crippen MR) is 76.4 cm³/mol. The maximum Gasteiger partial charge on any atom is 0.266 e. The first-order valence-electron chi connectivity index (χ1n) is 5.81. The maximum atomic E-state index is 11.9. The summed E-state index contributed by atoms with van der Waals surface area (Å²) in [5.74, 6) is 1.07. The Balaban J connectivity index is 1.98. The van der Waals surface area contributed by atoms with Crippen molar-refractivity contribution in [2.75, 3.05) is 5.32 Å². The van der Waals surface area contributed by atoms with Gasteiger partial charge in [-0.1, -0.05) is 28.4 Å². The Morgan fingerprint density at radius 1 is 1.35 bits per heavy atom.